The molecule has 1 heterocycles. The van der Waals surface area contributed by atoms with Crippen LogP contribution in [0.15, 0.2) is 23.1 Å². The van der Waals surface area contributed by atoms with E-state index in [1.54, 1.807) is 4.90 Å². The second-order valence-electron chi connectivity index (χ2n) is 4.31. The molecule has 0 aromatic heterocycles. The summed E-state index contributed by atoms with van der Waals surface area (Å²) >= 11 is 3.98. The fourth-order valence-electron chi connectivity index (χ4n) is 2.04. The molecule has 17 heavy (non-hydrogen) atoms. The van der Waals surface area contributed by atoms with Crippen LogP contribution < -0.4 is 5.73 Å². The van der Waals surface area contributed by atoms with E-state index in [1.807, 2.05) is 0 Å². The number of carbonyl (C=O) groups is 1. The van der Waals surface area contributed by atoms with Crippen molar-refractivity contribution in [1.82, 2.24) is 4.90 Å². The summed E-state index contributed by atoms with van der Waals surface area (Å²) in [5, 5.41) is 0. The maximum atomic E-state index is 13.0. The standard InChI is InChI=1S/C12H15FN2OS/c13-10-2-1-9(5-11(10)17)12(16)15-4-3-8(6-14)7-15/h1-2,5,8,17H,3-4,6-7,14H2. The van der Waals surface area contributed by atoms with Gasteiger partial charge in [0.1, 0.15) is 5.82 Å². The van der Waals surface area contributed by atoms with Gasteiger partial charge in [-0.25, -0.2) is 4.39 Å². The Morgan fingerprint density at radius 1 is 1.59 bits per heavy atom. The van der Waals surface area contributed by atoms with Gasteiger partial charge in [0.15, 0.2) is 0 Å². The molecular formula is C12H15FN2OS. The van der Waals surface area contributed by atoms with Crippen molar-refractivity contribution < 1.29 is 9.18 Å². The molecular weight excluding hydrogens is 239 g/mol. The second kappa shape index (κ2) is 5.06. The molecule has 0 saturated carbocycles. The molecule has 1 amide bonds. The molecule has 1 aliphatic heterocycles. The normalized spacial score (nSPS) is 19.7. The minimum absolute atomic E-state index is 0.0729. The van der Waals surface area contributed by atoms with Crippen molar-refractivity contribution >= 4 is 18.5 Å². The van der Waals surface area contributed by atoms with E-state index >= 15 is 0 Å². The highest BCUT2D eigenvalue weighted by Crippen LogP contribution is 2.20. The number of nitrogens with zero attached hydrogens (tertiary/aromatic N) is 1. The van der Waals surface area contributed by atoms with Crippen molar-refractivity contribution in [1.29, 1.82) is 0 Å². The topological polar surface area (TPSA) is 46.3 Å². The molecule has 0 bridgehead atoms. The highest BCUT2D eigenvalue weighted by Gasteiger charge is 2.26. The number of carbonyl (C=O) groups excluding carboxylic acids is 1. The Morgan fingerprint density at radius 2 is 2.35 bits per heavy atom. The first-order chi connectivity index (χ1) is 8.11. The molecule has 0 aliphatic carbocycles. The van der Waals surface area contributed by atoms with Crippen LogP contribution in [0.2, 0.25) is 0 Å². The Labute approximate surface area is 105 Å². The Kier molecular flexibility index (Phi) is 3.69. The lowest BCUT2D eigenvalue weighted by molar-refractivity contribution is 0.0787. The number of hydrogen-bond acceptors (Lipinski definition) is 3. The van der Waals surface area contributed by atoms with Crippen LogP contribution in [0.25, 0.3) is 0 Å². The van der Waals surface area contributed by atoms with Gasteiger partial charge in [-0.1, -0.05) is 0 Å². The number of hydrogen-bond donors (Lipinski definition) is 2. The van der Waals surface area contributed by atoms with Gasteiger partial charge in [-0.2, -0.15) is 0 Å². The highest BCUT2D eigenvalue weighted by atomic mass is 32.1. The zero-order chi connectivity index (χ0) is 12.4. The van der Waals surface area contributed by atoms with Gasteiger partial charge in [0.25, 0.3) is 5.91 Å². The Bertz CT molecular complexity index is 439. The van der Waals surface area contributed by atoms with E-state index in [0.717, 1.165) is 13.0 Å². The first-order valence-electron chi connectivity index (χ1n) is 5.59. The van der Waals surface area contributed by atoms with Crippen LogP contribution in [-0.2, 0) is 0 Å². The van der Waals surface area contributed by atoms with E-state index < -0.39 is 5.82 Å². The largest absolute Gasteiger partial charge is 0.338 e. The molecule has 5 heteroatoms. The van der Waals surface area contributed by atoms with Gasteiger partial charge >= 0.3 is 0 Å². The third-order valence-corrected chi connectivity index (χ3v) is 3.44. The van der Waals surface area contributed by atoms with Crippen LogP contribution in [0.3, 0.4) is 0 Å². The lowest BCUT2D eigenvalue weighted by Crippen LogP contribution is -2.29. The molecule has 2 rings (SSSR count). The number of thiol groups is 1. The summed E-state index contributed by atoms with van der Waals surface area (Å²) in [5.41, 5.74) is 6.06. The summed E-state index contributed by atoms with van der Waals surface area (Å²) in [6.07, 6.45) is 0.942. The summed E-state index contributed by atoms with van der Waals surface area (Å²) in [4.78, 5) is 14.1. The van der Waals surface area contributed by atoms with Crippen LogP contribution in [0, 0.1) is 11.7 Å². The quantitative estimate of drug-likeness (QED) is 0.786. The summed E-state index contributed by atoms with van der Waals surface area (Å²) < 4.78 is 13.0. The average molecular weight is 254 g/mol. The maximum Gasteiger partial charge on any atom is 0.253 e. The van der Waals surface area contributed by atoms with E-state index in [4.69, 9.17) is 5.73 Å². The summed E-state index contributed by atoms with van der Waals surface area (Å²) in [6, 6.07) is 4.23. The van der Waals surface area contributed by atoms with Crippen LogP contribution in [0.4, 0.5) is 4.39 Å². The fraction of sp³-hybridized carbons (Fsp3) is 0.417. The van der Waals surface area contributed by atoms with Crippen LogP contribution in [0.5, 0.6) is 0 Å². The number of halogens is 1. The zero-order valence-corrected chi connectivity index (χ0v) is 10.3. The lowest BCUT2D eigenvalue weighted by atomic mass is 10.1. The summed E-state index contributed by atoms with van der Waals surface area (Å²) in [6.45, 7) is 2.01. The predicted octanol–water partition coefficient (Wildman–Crippen LogP) is 1.54. The van der Waals surface area contributed by atoms with E-state index in [9.17, 15) is 9.18 Å². The summed E-state index contributed by atoms with van der Waals surface area (Å²) in [5.74, 6) is -0.0998. The summed E-state index contributed by atoms with van der Waals surface area (Å²) in [7, 11) is 0. The first kappa shape index (κ1) is 12.4. The minimum atomic E-state index is -0.411. The van der Waals surface area contributed by atoms with Gasteiger partial charge in [-0.15, -0.1) is 12.6 Å². The number of amides is 1. The second-order valence-corrected chi connectivity index (χ2v) is 4.79. The van der Waals surface area contributed by atoms with Crippen molar-refractivity contribution in [2.45, 2.75) is 11.3 Å². The van der Waals surface area contributed by atoms with E-state index in [-0.39, 0.29) is 10.8 Å². The number of rotatable bonds is 2. The van der Waals surface area contributed by atoms with Crippen molar-refractivity contribution in [2.75, 3.05) is 19.6 Å². The molecule has 1 saturated heterocycles. The molecule has 0 radical (unpaired) electrons. The van der Waals surface area contributed by atoms with Crippen LogP contribution >= 0.6 is 12.6 Å². The van der Waals surface area contributed by atoms with Crippen molar-refractivity contribution in [2.24, 2.45) is 11.7 Å². The highest BCUT2D eigenvalue weighted by molar-refractivity contribution is 7.80. The van der Waals surface area contributed by atoms with Crippen LogP contribution in [-0.4, -0.2) is 30.4 Å². The molecule has 2 N–H and O–H groups in total. The van der Waals surface area contributed by atoms with Gasteiger partial charge in [0.2, 0.25) is 0 Å². The SMILES string of the molecule is NCC1CCN(C(=O)c2ccc(F)c(S)c2)C1. The fourth-order valence-corrected chi connectivity index (χ4v) is 2.25. The Hall–Kier alpha value is -1.07. The zero-order valence-electron chi connectivity index (χ0n) is 9.40. The molecule has 1 atom stereocenters. The molecule has 92 valence electrons. The number of nitrogens with two attached hydrogens (primary N) is 1. The smallest absolute Gasteiger partial charge is 0.253 e. The molecule has 1 fully saturated rings. The van der Waals surface area contributed by atoms with Crippen LogP contribution in [0.1, 0.15) is 16.8 Å². The molecule has 1 aromatic rings. The average Bonchev–Trinajstić information content (AvgIpc) is 2.80. The van der Waals surface area contributed by atoms with Crippen molar-refractivity contribution in [3.63, 3.8) is 0 Å². The lowest BCUT2D eigenvalue weighted by Gasteiger charge is -2.16. The Balaban J connectivity index is 2.12. The minimum Gasteiger partial charge on any atom is -0.338 e. The maximum absolute atomic E-state index is 13.0. The molecule has 0 spiro atoms. The van der Waals surface area contributed by atoms with E-state index in [0.29, 0.717) is 24.6 Å². The monoisotopic (exact) mass is 254 g/mol. The van der Waals surface area contributed by atoms with Gasteiger partial charge < -0.3 is 10.6 Å². The van der Waals surface area contributed by atoms with Crippen molar-refractivity contribution in [3.05, 3.63) is 29.6 Å². The molecule has 1 aliphatic rings. The van der Waals surface area contributed by atoms with Gasteiger partial charge in [0, 0.05) is 23.5 Å². The van der Waals surface area contributed by atoms with E-state index in [1.165, 1.54) is 18.2 Å². The number of benzene rings is 1. The first-order valence-corrected chi connectivity index (χ1v) is 6.04. The van der Waals surface area contributed by atoms with Gasteiger partial charge in [-0.05, 0) is 37.1 Å². The Morgan fingerprint density at radius 3 is 2.94 bits per heavy atom. The van der Waals surface area contributed by atoms with Crippen molar-refractivity contribution in [3.8, 4) is 0 Å². The predicted molar refractivity (Wildman–Crippen MR) is 66.7 cm³/mol. The number of likely N-dealkylation sites (tertiary alicyclic amines) is 1. The third-order valence-electron chi connectivity index (χ3n) is 3.10. The van der Waals surface area contributed by atoms with Gasteiger partial charge in [-0.3, -0.25) is 4.79 Å². The van der Waals surface area contributed by atoms with E-state index in [2.05, 4.69) is 12.6 Å². The third kappa shape index (κ3) is 2.61. The molecule has 3 nitrogen and oxygen atoms in total. The van der Waals surface area contributed by atoms with Gasteiger partial charge in [0.05, 0.1) is 0 Å². The molecule has 1 unspecified atom stereocenters. The molecule has 1 aromatic carbocycles.